The summed E-state index contributed by atoms with van der Waals surface area (Å²) in [7, 11) is 0. The van der Waals surface area contributed by atoms with Crippen LogP contribution in [0, 0.1) is 11.3 Å². The molecule has 2 aromatic heterocycles. The molecule has 5 nitrogen and oxygen atoms in total. The number of aromatic nitrogens is 4. The van der Waals surface area contributed by atoms with Crippen LogP contribution in [-0.2, 0) is 6.54 Å². The van der Waals surface area contributed by atoms with Gasteiger partial charge in [0.25, 0.3) is 5.82 Å². The monoisotopic (exact) mass is 263 g/mol. The highest BCUT2D eigenvalue weighted by Gasteiger charge is 2.00. The summed E-state index contributed by atoms with van der Waals surface area (Å²) in [5.41, 5.74) is 0.868. The molecule has 0 radical (unpaired) electrons. The van der Waals surface area contributed by atoms with E-state index in [1.54, 1.807) is 10.9 Å². The van der Waals surface area contributed by atoms with Crippen LogP contribution in [0.4, 0.5) is 0 Å². The summed E-state index contributed by atoms with van der Waals surface area (Å²) in [6.45, 7) is 0.516. The van der Waals surface area contributed by atoms with Gasteiger partial charge in [0.05, 0.1) is 12.2 Å². The average Bonchev–Trinajstić information content (AvgIpc) is 2.69. The molecule has 2 aromatic rings. The maximum Gasteiger partial charge on any atom is 0.252 e. The molecule has 2 rings (SSSR count). The first-order chi connectivity index (χ1) is 7.28. The maximum atomic E-state index is 8.54. The average molecular weight is 264 g/mol. The smallest absolute Gasteiger partial charge is 0.252 e. The second-order valence-electron chi connectivity index (χ2n) is 2.85. The Morgan fingerprint density at radius 1 is 1.40 bits per heavy atom. The van der Waals surface area contributed by atoms with Crippen LogP contribution in [0.1, 0.15) is 11.5 Å². The van der Waals surface area contributed by atoms with E-state index in [1.807, 2.05) is 18.2 Å². The predicted molar refractivity (Wildman–Crippen MR) is 55.8 cm³/mol. The number of hydrogen-bond donors (Lipinski definition) is 0. The number of halogens is 1. The fourth-order valence-electron chi connectivity index (χ4n) is 1.09. The molecule has 0 spiro atoms. The molecule has 0 aliphatic rings. The van der Waals surface area contributed by atoms with Gasteiger partial charge >= 0.3 is 0 Å². The Morgan fingerprint density at radius 2 is 2.27 bits per heavy atom. The summed E-state index contributed by atoms with van der Waals surface area (Å²) in [5, 5.41) is 12.5. The minimum atomic E-state index is 0.173. The van der Waals surface area contributed by atoms with Crippen molar-refractivity contribution in [3.05, 3.63) is 40.6 Å². The summed E-state index contributed by atoms with van der Waals surface area (Å²) >= 11 is 3.31. The van der Waals surface area contributed by atoms with Crippen molar-refractivity contribution < 1.29 is 0 Å². The Morgan fingerprint density at radius 3 is 2.87 bits per heavy atom. The van der Waals surface area contributed by atoms with Gasteiger partial charge < -0.3 is 0 Å². The number of nitrogens with zero attached hydrogens (tertiary/aromatic N) is 5. The van der Waals surface area contributed by atoms with E-state index < -0.39 is 0 Å². The molecule has 0 N–H and O–H groups in total. The second kappa shape index (κ2) is 4.19. The van der Waals surface area contributed by atoms with Crippen molar-refractivity contribution in [2.24, 2.45) is 0 Å². The zero-order valence-corrected chi connectivity index (χ0v) is 9.22. The molecule has 0 saturated carbocycles. The van der Waals surface area contributed by atoms with E-state index in [0.29, 0.717) is 6.54 Å². The molecular formula is C9H6BrN5. The van der Waals surface area contributed by atoms with Gasteiger partial charge in [-0.25, -0.2) is 9.67 Å². The molecule has 0 atom stereocenters. The molecule has 15 heavy (non-hydrogen) atoms. The molecule has 0 unspecified atom stereocenters. The topological polar surface area (TPSA) is 67.4 Å². The van der Waals surface area contributed by atoms with Crippen LogP contribution in [0.15, 0.2) is 29.1 Å². The van der Waals surface area contributed by atoms with Crippen LogP contribution in [0.25, 0.3) is 0 Å². The Hall–Kier alpha value is -1.74. The standard InChI is InChI=1S/C9H6BrN5/c10-7-1-2-8(12-4-7)5-15-6-13-9(3-11)14-15/h1-2,4,6H,5H2. The molecule has 0 bridgehead atoms. The number of pyridine rings is 1. The first kappa shape index (κ1) is 9.80. The number of hydrogen-bond acceptors (Lipinski definition) is 4. The van der Waals surface area contributed by atoms with Gasteiger partial charge in [-0.2, -0.15) is 5.26 Å². The molecule has 0 saturated heterocycles. The van der Waals surface area contributed by atoms with E-state index in [9.17, 15) is 0 Å². The van der Waals surface area contributed by atoms with Crippen LogP contribution >= 0.6 is 15.9 Å². The lowest BCUT2D eigenvalue weighted by atomic mass is 10.3. The van der Waals surface area contributed by atoms with Gasteiger partial charge in [-0.05, 0) is 28.1 Å². The molecule has 0 amide bonds. The Kier molecular flexibility index (Phi) is 2.74. The zero-order chi connectivity index (χ0) is 10.7. The quantitative estimate of drug-likeness (QED) is 0.821. The second-order valence-corrected chi connectivity index (χ2v) is 3.76. The minimum Gasteiger partial charge on any atom is -0.258 e. The van der Waals surface area contributed by atoms with Gasteiger partial charge in [-0.15, -0.1) is 5.10 Å². The van der Waals surface area contributed by atoms with Crippen molar-refractivity contribution >= 4 is 15.9 Å². The highest BCUT2D eigenvalue weighted by Crippen LogP contribution is 2.07. The molecule has 0 aliphatic heterocycles. The Labute approximate surface area is 94.5 Å². The largest absolute Gasteiger partial charge is 0.258 e. The van der Waals surface area contributed by atoms with Gasteiger partial charge in [0.1, 0.15) is 12.4 Å². The van der Waals surface area contributed by atoms with Crippen molar-refractivity contribution in [3.8, 4) is 6.07 Å². The Bertz CT molecular complexity index is 496. The van der Waals surface area contributed by atoms with E-state index in [-0.39, 0.29) is 5.82 Å². The lowest BCUT2D eigenvalue weighted by Crippen LogP contribution is -2.02. The van der Waals surface area contributed by atoms with Crippen LogP contribution < -0.4 is 0 Å². The fraction of sp³-hybridized carbons (Fsp3) is 0.111. The maximum absolute atomic E-state index is 8.54. The summed E-state index contributed by atoms with van der Waals surface area (Å²) in [6, 6.07) is 5.67. The number of rotatable bonds is 2. The van der Waals surface area contributed by atoms with Crippen LogP contribution in [0.5, 0.6) is 0 Å². The van der Waals surface area contributed by atoms with Gasteiger partial charge in [0, 0.05) is 10.7 Å². The summed E-state index contributed by atoms with van der Waals surface area (Å²) in [4.78, 5) is 7.99. The van der Waals surface area contributed by atoms with Gasteiger partial charge in [-0.3, -0.25) is 4.98 Å². The molecular weight excluding hydrogens is 258 g/mol. The Balaban J connectivity index is 2.15. The molecule has 0 fully saturated rings. The van der Waals surface area contributed by atoms with E-state index in [0.717, 1.165) is 10.2 Å². The lowest BCUT2D eigenvalue weighted by Gasteiger charge is -1.99. The summed E-state index contributed by atoms with van der Waals surface area (Å²) in [6.07, 6.45) is 3.24. The van der Waals surface area contributed by atoms with Crippen molar-refractivity contribution in [1.82, 2.24) is 19.7 Å². The first-order valence-corrected chi connectivity index (χ1v) is 4.97. The lowest BCUT2D eigenvalue weighted by molar-refractivity contribution is 0.668. The minimum absolute atomic E-state index is 0.173. The van der Waals surface area contributed by atoms with Crippen molar-refractivity contribution in [2.45, 2.75) is 6.54 Å². The highest BCUT2D eigenvalue weighted by molar-refractivity contribution is 9.10. The third-order valence-corrected chi connectivity index (χ3v) is 2.22. The third kappa shape index (κ3) is 2.39. The van der Waals surface area contributed by atoms with E-state index in [4.69, 9.17) is 5.26 Å². The summed E-state index contributed by atoms with van der Waals surface area (Å²) in [5.74, 6) is 0.173. The molecule has 6 heteroatoms. The van der Waals surface area contributed by atoms with Crippen molar-refractivity contribution in [1.29, 1.82) is 5.26 Å². The van der Waals surface area contributed by atoms with Gasteiger partial charge in [-0.1, -0.05) is 0 Å². The van der Waals surface area contributed by atoms with E-state index >= 15 is 0 Å². The molecule has 0 aromatic carbocycles. The van der Waals surface area contributed by atoms with Gasteiger partial charge in [0.2, 0.25) is 0 Å². The highest BCUT2D eigenvalue weighted by atomic mass is 79.9. The zero-order valence-electron chi connectivity index (χ0n) is 7.63. The van der Waals surface area contributed by atoms with E-state index in [1.165, 1.54) is 6.33 Å². The predicted octanol–water partition coefficient (Wildman–Crippen LogP) is 1.36. The van der Waals surface area contributed by atoms with Crippen LogP contribution in [0.2, 0.25) is 0 Å². The van der Waals surface area contributed by atoms with Gasteiger partial charge in [0.15, 0.2) is 0 Å². The third-order valence-electron chi connectivity index (χ3n) is 1.75. The number of nitriles is 1. The van der Waals surface area contributed by atoms with Crippen LogP contribution in [0.3, 0.4) is 0 Å². The molecule has 2 heterocycles. The normalized spacial score (nSPS) is 9.87. The van der Waals surface area contributed by atoms with Crippen molar-refractivity contribution in [3.63, 3.8) is 0 Å². The fourth-order valence-corrected chi connectivity index (χ4v) is 1.32. The first-order valence-electron chi connectivity index (χ1n) is 4.18. The van der Waals surface area contributed by atoms with Crippen molar-refractivity contribution in [2.75, 3.05) is 0 Å². The summed E-state index contributed by atoms with van der Waals surface area (Å²) < 4.78 is 2.51. The molecule has 0 aliphatic carbocycles. The molecule has 74 valence electrons. The van der Waals surface area contributed by atoms with Crippen LogP contribution in [-0.4, -0.2) is 19.7 Å². The SMILES string of the molecule is N#Cc1ncn(Cc2ccc(Br)cn2)n1. The van der Waals surface area contributed by atoms with E-state index in [2.05, 4.69) is 31.0 Å².